The summed E-state index contributed by atoms with van der Waals surface area (Å²) in [5.41, 5.74) is 0.778. The third kappa shape index (κ3) is 5.75. The Morgan fingerprint density at radius 3 is 2.26 bits per heavy atom. The van der Waals surface area contributed by atoms with Crippen LogP contribution >= 0.6 is 11.6 Å². The van der Waals surface area contributed by atoms with E-state index in [0.717, 1.165) is 20.6 Å². The van der Waals surface area contributed by atoms with Gasteiger partial charge in [-0.05, 0) is 47.0 Å². The minimum absolute atomic E-state index is 0.101. The predicted octanol–water partition coefficient (Wildman–Crippen LogP) is 3.67. The highest BCUT2D eigenvalue weighted by Crippen LogP contribution is 2.22. The fourth-order valence-electron chi connectivity index (χ4n) is 3.75. The van der Waals surface area contributed by atoms with Crippen LogP contribution in [-0.2, 0) is 26.2 Å². The molecule has 0 fully saturated rings. The molecule has 0 bridgehead atoms. The number of benzene rings is 3. The average molecular weight is 502 g/mol. The maximum Gasteiger partial charge on any atom is 0.243 e. The zero-order chi connectivity index (χ0) is 24.9. The normalized spacial score (nSPS) is 12.5. The second-order valence-corrected chi connectivity index (χ2v) is 10.4. The van der Waals surface area contributed by atoms with Gasteiger partial charge in [0.25, 0.3) is 0 Å². The molecule has 0 aliphatic rings. The van der Waals surface area contributed by atoms with Crippen molar-refractivity contribution < 1.29 is 18.0 Å². The van der Waals surface area contributed by atoms with Crippen molar-refractivity contribution in [1.82, 2.24) is 14.5 Å². The molecule has 7 nitrogen and oxygen atoms in total. The number of carbonyl (C=O) groups is 2. The number of carbonyl (C=O) groups excluding carboxylic acids is 2. The number of hydrogen-bond acceptors (Lipinski definition) is 4. The number of amides is 2. The molecule has 0 spiro atoms. The van der Waals surface area contributed by atoms with Crippen molar-refractivity contribution in [3.05, 3.63) is 77.3 Å². The largest absolute Gasteiger partial charge is 0.357 e. The highest BCUT2D eigenvalue weighted by atomic mass is 35.5. The summed E-state index contributed by atoms with van der Waals surface area (Å²) in [6, 6.07) is 18.5. The molecule has 0 aromatic heterocycles. The molecule has 0 aliphatic carbocycles. The van der Waals surface area contributed by atoms with Gasteiger partial charge in [0.2, 0.25) is 21.8 Å². The monoisotopic (exact) mass is 501 g/mol. The molecule has 0 heterocycles. The summed E-state index contributed by atoms with van der Waals surface area (Å²) in [5, 5.41) is 4.86. The van der Waals surface area contributed by atoms with Crippen molar-refractivity contribution in [2.24, 2.45) is 0 Å². The van der Waals surface area contributed by atoms with Crippen LogP contribution in [0.1, 0.15) is 18.9 Å². The van der Waals surface area contributed by atoms with E-state index >= 15 is 0 Å². The Labute approximate surface area is 205 Å². The Morgan fingerprint density at radius 1 is 1.00 bits per heavy atom. The van der Waals surface area contributed by atoms with E-state index in [1.54, 1.807) is 43.3 Å². The van der Waals surface area contributed by atoms with E-state index in [2.05, 4.69) is 5.32 Å². The molecule has 9 heteroatoms. The smallest absolute Gasteiger partial charge is 0.243 e. The Bertz CT molecular complexity index is 1280. The fraction of sp³-hybridized carbons (Fsp3) is 0.280. The number of sulfonamides is 1. The molecule has 0 aliphatic heterocycles. The first-order valence-corrected chi connectivity index (χ1v) is 12.7. The maximum atomic E-state index is 13.3. The van der Waals surface area contributed by atoms with E-state index in [1.165, 1.54) is 25.1 Å². The predicted molar refractivity (Wildman–Crippen MR) is 134 cm³/mol. The molecule has 0 saturated carbocycles. The van der Waals surface area contributed by atoms with E-state index in [-0.39, 0.29) is 17.3 Å². The lowest BCUT2D eigenvalue weighted by atomic mass is 10.1. The van der Waals surface area contributed by atoms with Gasteiger partial charge in [0, 0.05) is 25.7 Å². The maximum absolute atomic E-state index is 13.3. The molecule has 1 unspecified atom stereocenters. The molecule has 3 rings (SSSR count). The third-order valence-corrected chi connectivity index (χ3v) is 7.74. The molecule has 0 saturated heterocycles. The van der Waals surface area contributed by atoms with Crippen LogP contribution in [0.15, 0.2) is 71.6 Å². The number of hydrogen-bond donors (Lipinski definition) is 1. The van der Waals surface area contributed by atoms with Crippen LogP contribution in [0.25, 0.3) is 10.8 Å². The van der Waals surface area contributed by atoms with Crippen LogP contribution in [0.2, 0.25) is 5.02 Å². The van der Waals surface area contributed by atoms with Crippen molar-refractivity contribution in [1.29, 1.82) is 0 Å². The highest BCUT2D eigenvalue weighted by Gasteiger charge is 2.31. The van der Waals surface area contributed by atoms with E-state index in [9.17, 15) is 18.0 Å². The van der Waals surface area contributed by atoms with Gasteiger partial charge in [-0.15, -0.1) is 0 Å². The van der Waals surface area contributed by atoms with Gasteiger partial charge in [-0.25, -0.2) is 8.42 Å². The van der Waals surface area contributed by atoms with Gasteiger partial charge in [0.05, 0.1) is 11.4 Å². The van der Waals surface area contributed by atoms with Crippen LogP contribution in [0.3, 0.4) is 0 Å². The number of likely N-dealkylation sites (N-methyl/N-ethyl adjacent to an activating group) is 2. The number of fused-ring (bicyclic) bond motifs is 1. The lowest BCUT2D eigenvalue weighted by Gasteiger charge is -2.31. The summed E-state index contributed by atoms with van der Waals surface area (Å²) in [6.45, 7) is 1.54. The molecule has 180 valence electrons. The quantitative estimate of drug-likeness (QED) is 0.484. The molecule has 1 N–H and O–H groups in total. The van der Waals surface area contributed by atoms with Crippen LogP contribution in [-0.4, -0.2) is 56.1 Å². The minimum Gasteiger partial charge on any atom is -0.357 e. The first-order chi connectivity index (χ1) is 16.2. The highest BCUT2D eigenvalue weighted by molar-refractivity contribution is 7.89. The van der Waals surface area contributed by atoms with Gasteiger partial charge < -0.3 is 10.2 Å². The molecule has 3 aromatic carbocycles. The van der Waals surface area contributed by atoms with Crippen LogP contribution in [0.4, 0.5) is 0 Å². The lowest BCUT2D eigenvalue weighted by Crippen LogP contribution is -2.51. The van der Waals surface area contributed by atoms with Crippen LogP contribution < -0.4 is 5.32 Å². The SMILES string of the molecule is CCC(C(=O)NC)N(Cc1ccc(Cl)cc1)C(=O)CN(C)S(=O)(=O)c1ccc2ccccc2c1. The molecule has 3 aromatic rings. The van der Waals surface area contributed by atoms with Gasteiger partial charge in [-0.1, -0.05) is 61.0 Å². The molecule has 2 amide bonds. The van der Waals surface area contributed by atoms with Crippen molar-refractivity contribution in [3.63, 3.8) is 0 Å². The number of nitrogens with one attached hydrogen (secondary N) is 1. The third-order valence-electron chi connectivity index (χ3n) is 5.69. The van der Waals surface area contributed by atoms with Crippen molar-refractivity contribution >= 4 is 44.2 Å². The van der Waals surface area contributed by atoms with E-state index in [0.29, 0.717) is 11.4 Å². The summed E-state index contributed by atoms with van der Waals surface area (Å²) >= 11 is 5.97. The average Bonchev–Trinajstić information content (AvgIpc) is 2.84. The summed E-state index contributed by atoms with van der Waals surface area (Å²) in [5.74, 6) is -0.790. The van der Waals surface area contributed by atoms with Crippen LogP contribution in [0, 0.1) is 0 Å². The fourth-order valence-corrected chi connectivity index (χ4v) is 5.03. The standard InChI is InChI=1S/C25H28ClN3O4S/c1-4-23(25(31)27-2)29(16-18-9-12-21(26)13-10-18)24(30)17-28(3)34(32,33)22-14-11-19-7-5-6-8-20(19)15-22/h5-15,23H,4,16-17H2,1-3H3,(H,27,31). The van der Waals surface area contributed by atoms with E-state index in [1.807, 2.05) is 24.3 Å². The Morgan fingerprint density at radius 2 is 1.65 bits per heavy atom. The summed E-state index contributed by atoms with van der Waals surface area (Å²) < 4.78 is 27.5. The lowest BCUT2D eigenvalue weighted by molar-refractivity contribution is -0.141. The summed E-state index contributed by atoms with van der Waals surface area (Å²) in [4.78, 5) is 27.4. The Hall–Kier alpha value is -2.94. The van der Waals surface area contributed by atoms with E-state index in [4.69, 9.17) is 11.6 Å². The molecule has 1 atom stereocenters. The minimum atomic E-state index is -3.93. The Kier molecular flexibility index (Phi) is 8.30. The van der Waals surface area contributed by atoms with Crippen molar-refractivity contribution in [3.8, 4) is 0 Å². The first kappa shape index (κ1) is 25.7. The first-order valence-electron chi connectivity index (χ1n) is 10.9. The van der Waals surface area contributed by atoms with Crippen molar-refractivity contribution in [2.45, 2.75) is 30.8 Å². The molecule has 34 heavy (non-hydrogen) atoms. The molecular formula is C25H28ClN3O4S. The van der Waals surface area contributed by atoms with Gasteiger partial charge in [-0.2, -0.15) is 4.31 Å². The molecular weight excluding hydrogens is 474 g/mol. The Balaban J connectivity index is 1.87. The van der Waals surface area contributed by atoms with E-state index < -0.39 is 28.5 Å². The molecule has 0 radical (unpaired) electrons. The number of halogens is 1. The zero-order valence-corrected chi connectivity index (χ0v) is 20.9. The van der Waals surface area contributed by atoms with Gasteiger partial charge in [-0.3, -0.25) is 9.59 Å². The second-order valence-electron chi connectivity index (χ2n) is 7.96. The zero-order valence-electron chi connectivity index (χ0n) is 19.4. The van der Waals surface area contributed by atoms with Gasteiger partial charge in [0.1, 0.15) is 6.04 Å². The summed E-state index contributed by atoms with van der Waals surface area (Å²) in [6.07, 6.45) is 0.375. The van der Waals surface area contributed by atoms with Crippen LogP contribution in [0.5, 0.6) is 0 Å². The number of nitrogens with zero attached hydrogens (tertiary/aromatic N) is 2. The number of rotatable bonds is 9. The topological polar surface area (TPSA) is 86.8 Å². The van der Waals surface area contributed by atoms with Crippen molar-refractivity contribution in [2.75, 3.05) is 20.6 Å². The van der Waals surface area contributed by atoms with Gasteiger partial charge >= 0.3 is 0 Å². The summed E-state index contributed by atoms with van der Waals surface area (Å²) in [7, 11) is -1.06. The van der Waals surface area contributed by atoms with Gasteiger partial charge in [0.15, 0.2) is 0 Å². The second kappa shape index (κ2) is 11.0.